The van der Waals surface area contributed by atoms with Gasteiger partial charge in [0.05, 0.1) is 0 Å². The maximum atomic E-state index is 12.0. The van der Waals surface area contributed by atoms with E-state index in [2.05, 4.69) is 36.5 Å². The fraction of sp³-hybridized carbons (Fsp3) is 0.154. The third-order valence-electron chi connectivity index (χ3n) is 2.57. The molecule has 2 aromatic heterocycles. The molecule has 2 rings (SSSR count). The van der Waals surface area contributed by atoms with Gasteiger partial charge >= 0.3 is 0 Å². The Morgan fingerprint density at radius 2 is 2.11 bits per heavy atom. The molecule has 98 valence electrons. The van der Waals surface area contributed by atoms with Gasteiger partial charge in [-0.2, -0.15) is 0 Å². The molecule has 6 heteroatoms. The number of nitrogens with zero attached hydrogens (tertiary/aromatic N) is 2. The van der Waals surface area contributed by atoms with Gasteiger partial charge in [0.1, 0.15) is 11.5 Å². The summed E-state index contributed by atoms with van der Waals surface area (Å²) in [4.78, 5) is 20.2. The van der Waals surface area contributed by atoms with Gasteiger partial charge in [0.25, 0.3) is 5.91 Å². The van der Waals surface area contributed by atoms with E-state index in [4.69, 9.17) is 0 Å². The van der Waals surface area contributed by atoms with Crippen molar-refractivity contribution in [2.24, 2.45) is 0 Å². The van der Waals surface area contributed by atoms with Crippen molar-refractivity contribution in [3.63, 3.8) is 0 Å². The minimum atomic E-state index is -0.286. The van der Waals surface area contributed by atoms with Crippen molar-refractivity contribution in [2.75, 3.05) is 17.7 Å². The highest BCUT2D eigenvalue weighted by molar-refractivity contribution is 9.10. The smallest absolute Gasteiger partial charge is 0.275 e. The first-order chi connectivity index (χ1) is 9.10. The predicted molar refractivity (Wildman–Crippen MR) is 78.4 cm³/mol. The third-order valence-corrected chi connectivity index (χ3v) is 3.40. The molecule has 0 unspecified atom stereocenters. The Morgan fingerprint density at radius 1 is 1.32 bits per heavy atom. The van der Waals surface area contributed by atoms with E-state index in [0.29, 0.717) is 11.5 Å². The zero-order chi connectivity index (χ0) is 13.8. The number of hydrogen-bond acceptors (Lipinski definition) is 4. The van der Waals surface area contributed by atoms with Crippen LogP contribution in [0.4, 0.5) is 11.5 Å². The second-order valence-corrected chi connectivity index (χ2v) is 4.81. The Labute approximate surface area is 119 Å². The first-order valence-electron chi connectivity index (χ1n) is 5.67. The van der Waals surface area contributed by atoms with Gasteiger partial charge in [0.2, 0.25) is 0 Å². The topological polar surface area (TPSA) is 66.9 Å². The Hall–Kier alpha value is -1.95. The summed E-state index contributed by atoms with van der Waals surface area (Å²) in [5.74, 6) is 0.216. The van der Waals surface area contributed by atoms with Crippen molar-refractivity contribution in [3.05, 3.63) is 46.3 Å². The summed E-state index contributed by atoms with van der Waals surface area (Å²) < 4.78 is 0.904. The van der Waals surface area contributed by atoms with E-state index in [1.165, 1.54) is 0 Å². The molecule has 0 bridgehead atoms. The van der Waals surface area contributed by atoms with Gasteiger partial charge < -0.3 is 10.6 Å². The fourth-order valence-electron chi connectivity index (χ4n) is 1.50. The van der Waals surface area contributed by atoms with E-state index in [0.717, 1.165) is 15.7 Å². The SMILES string of the molecule is CNc1ccnc(C(=O)Nc2cc(C)c(Br)cn2)c1. The molecule has 0 aromatic carbocycles. The maximum absolute atomic E-state index is 12.0. The quantitative estimate of drug-likeness (QED) is 0.912. The number of carbonyl (C=O) groups is 1. The first-order valence-corrected chi connectivity index (χ1v) is 6.47. The molecule has 2 heterocycles. The maximum Gasteiger partial charge on any atom is 0.275 e. The molecule has 0 aliphatic rings. The lowest BCUT2D eigenvalue weighted by Crippen LogP contribution is -2.14. The summed E-state index contributed by atoms with van der Waals surface area (Å²) >= 11 is 3.36. The van der Waals surface area contributed by atoms with Crippen LogP contribution in [0.2, 0.25) is 0 Å². The van der Waals surface area contributed by atoms with Crippen LogP contribution < -0.4 is 10.6 Å². The van der Waals surface area contributed by atoms with Gasteiger partial charge in [0.15, 0.2) is 0 Å². The molecular formula is C13H13BrN4O. The lowest BCUT2D eigenvalue weighted by Gasteiger charge is -2.06. The normalized spacial score (nSPS) is 10.1. The van der Waals surface area contributed by atoms with Crippen LogP contribution in [0.3, 0.4) is 0 Å². The molecular weight excluding hydrogens is 308 g/mol. The number of amides is 1. The van der Waals surface area contributed by atoms with Crippen molar-refractivity contribution in [1.82, 2.24) is 9.97 Å². The standard InChI is InChI=1S/C13H13BrN4O/c1-8-5-12(17-7-10(8)14)18-13(19)11-6-9(15-2)3-4-16-11/h3-7H,1-2H3,(H,15,16)(H,17,18,19). The van der Waals surface area contributed by atoms with Crippen LogP contribution in [-0.2, 0) is 0 Å². The number of anilines is 2. The van der Waals surface area contributed by atoms with Gasteiger partial charge in [0, 0.05) is 29.6 Å². The van der Waals surface area contributed by atoms with E-state index in [-0.39, 0.29) is 5.91 Å². The van der Waals surface area contributed by atoms with Gasteiger partial charge in [-0.15, -0.1) is 0 Å². The number of pyridine rings is 2. The molecule has 5 nitrogen and oxygen atoms in total. The predicted octanol–water partition coefficient (Wildman–Crippen LogP) is 2.84. The number of nitrogens with one attached hydrogen (secondary N) is 2. The number of carbonyl (C=O) groups excluding carboxylic acids is 1. The highest BCUT2D eigenvalue weighted by atomic mass is 79.9. The largest absolute Gasteiger partial charge is 0.388 e. The van der Waals surface area contributed by atoms with E-state index >= 15 is 0 Å². The van der Waals surface area contributed by atoms with Crippen LogP contribution in [0.15, 0.2) is 35.1 Å². The molecule has 0 fully saturated rings. The summed E-state index contributed by atoms with van der Waals surface area (Å²) in [5, 5.41) is 5.68. The number of rotatable bonds is 3. The molecule has 0 saturated carbocycles. The summed E-state index contributed by atoms with van der Waals surface area (Å²) in [6, 6.07) is 5.27. The molecule has 19 heavy (non-hydrogen) atoms. The lowest BCUT2D eigenvalue weighted by atomic mass is 10.3. The van der Waals surface area contributed by atoms with E-state index < -0.39 is 0 Å². The molecule has 1 amide bonds. The van der Waals surface area contributed by atoms with Gasteiger partial charge in [-0.3, -0.25) is 9.78 Å². The van der Waals surface area contributed by atoms with Crippen LogP contribution in [0.5, 0.6) is 0 Å². The van der Waals surface area contributed by atoms with Crippen LogP contribution in [0.1, 0.15) is 16.1 Å². The minimum Gasteiger partial charge on any atom is -0.388 e. The summed E-state index contributed by atoms with van der Waals surface area (Å²) in [6.45, 7) is 1.93. The van der Waals surface area contributed by atoms with Crippen LogP contribution in [0, 0.1) is 6.92 Å². The number of halogens is 1. The second kappa shape index (κ2) is 5.79. The van der Waals surface area contributed by atoms with Crippen LogP contribution in [0.25, 0.3) is 0 Å². The van der Waals surface area contributed by atoms with Gasteiger partial charge in [-0.25, -0.2) is 4.98 Å². The Kier molecular flexibility index (Phi) is 4.11. The van der Waals surface area contributed by atoms with Crippen molar-refractivity contribution in [3.8, 4) is 0 Å². The molecule has 0 radical (unpaired) electrons. The number of hydrogen-bond donors (Lipinski definition) is 2. The second-order valence-electron chi connectivity index (χ2n) is 3.95. The van der Waals surface area contributed by atoms with E-state index in [1.54, 1.807) is 37.6 Å². The molecule has 2 aromatic rings. The molecule has 0 atom stereocenters. The van der Waals surface area contributed by atoms with Gasteiger partial charge in [-0.1, -0.05) is 0 Å². The van der Waals surface area contributed by atoms with E-state index in [9.17, 15) is 4.79 Å². The monoisotopic (exact) mass is 320 g/mol. The first kappa shape index (κ1) is 13.5. The summed E-state index contributed by atoms with van der Waals surface area (Å²) in [6.07, 6.45) is 3.24. The zero-order valence-corrected chi connectivity index (χ0v) is 12.2. The highest BCUT2D eigenvalue weighted by Crippen LogP contribution is 2.17. The molecule has 2 N–H and O–H groups in total. The van der Waals surface area contributed by atoms with Crippen molar-refractivity contribution in [2.45, 2.75) is 6.92 Å². The van der Waals surface area contributed by atoms with Crippen molar-refractivity contribution < 1.29 is 4.79 Å². The summed E-state index contributed by atoms with van der Waals surface area (Å²) in [5.41, 5.74) is 2.18. The Morgan fingerprint density at radius 3 is 2.79 bits per heavy atom. The minimum absolute atomic E-state index is 0.286. The molecule has 0 spiro atoms. The third kappa shape index (κ3) is 3.29. The van der Waals surface area contributed by atoms with Crippen molar-refractivity contribution >= 4 is 33.3 Å². The molecule has 0 aliphatic heterocycles. The zero-order valence-electron chi connectivity index (χ0n) is 10.6. The number of aryl methyl sites for hydroxylation is 1. The Bertz CT molecular complexity index is 615. The Balaban J connectivity index is 2.18. The van der Waals surface area contributed by atoms with Gasteiger partial charge in [-0.05, 0) is 46.6 Å². The lowest BCUT2D eigenvalue weighted by molar-refractivity contribution is 0.102. The fourth-order valence-corrected chi connectivity index (χ4v) is 1.72. The number of aromatic nitrogens is 2. The average molecular weight is 321 g/mol. The van der Waals surface area contributed by atoms with Crippen LogP contribution in [-0.4, -0.2) is 22.9 Å². The summed E-state index contributed by atoms with van der Waals surface area (Å²) in [7, 11) is 1.79. The molecule has 0 saturated heterocycles. The highest BCUT2D eigenvalue weighted by Gasteiger charge is 2.09. The van der Waals surface area contributed by atoms with E-state index in [1.807, 2.05) is 6.92 Å². The average Bonchev–Trinajstić information content (AvgIpc) is 2.43. The van der Waals surface area contributed by atoms with Crippen LogP contribution >= 0.6 is 15.9 Å². The van der Waals surface area contributed by atoms with Crippen molar-refractivity contribution in [1.29, 1.82) is 0 Å². The molecule has 0 aliphatic carbocycles.